The van der Waals surface area contributed by atoms with Gasteiger partial charge in [-0.15, -0.1) is 11.3 Å². The van der Waals surface area contributed by atoms with Crippen molar-refractivity contribution >= 4 is 33.7 Å². The van der Waals surface area contributed by atoms with Gasteiger partial charge in [-0.2, -0.15) is 0 Å². The van der Waals surface area contributed by atoms with Crippen LogP contribution in [0.2, 0.25) is 0 Å². The molecular weight excluding hydrogens is 382 g/mol. The number of carbonyl (C=O) groups excluding carboxylic acids is 1. The van der Waals surface area contributed by atoms with Gasteiger partial charge in [-0.05, 0) is 43.2 Å². The van der Waals surface area contributed by atoms with Crippen LogP contribution in [0.15, 0.2) is 65.6 Å². The van der Waals surface area contributed by atoms with E-state index in [1.165, 1.54) is 11.3 Å². The first-order valence-corrected chi connectivity index (χ1v) is 10.2. The molecule has 0 bridgehead atoms. The van der Waals surface area contributed by atoms with Crippen LogP contribution in [-0.4, -0.2) is 23.7 Å². The van der Waals surface area contributed by atoms with Crippen LogP contribution in [0.4, 0.5) is 5.13 Å². The number of allylic oxidation sites excluding steroid dienone is 1. The third-order valence-corrected chi connectivity index (χ3v) is 5.36. The maximum Gasteiger partial charge on any atom is 0.275 e. The lowest BCUT2D eigenvalue weighted by Gasteiger charge is -2.12. The maximum atomic E-state index is 12.8. The second kappa shape index (κ2) is 9.30. The van der Waals surface area contributed by atoms with Crippen molar-refractivity contribution in [1.29, 1.82) is 5.41 Å². The second-order valence-electron chi connectivity index (χ2n) is 6.47. The van der Waals surface area contributed by atoms with Gasteiger partial charge in [0.15, 0.2) is 5.13 Å². The topological polar surface area (TPSA) is 75.1 Å². The zero-order chi connectivity index (χ0) is 20.8. The molecule has 2 N–H and O–H groups in total. The smallest absolute Gasteiger partial charge is 0.275 e. The molecule has 148 valence electrons. The molecule has 0 aliphatic heterocycles. The van der Waals surface area contributed by atoms with Crippen molar-refractivity contribution in [1.82, 2.24) is 4.98 Å². The predicted molar refractivity (Wildman–Crippen MR) is 120 cm³/mol. The molecule has 0 unspecified atom stereocenters. The summed E-state index contributed by atoms with van der Waals surface area (Å²) in [6.07, 6.45) is 0.763. The fourth-order valence-corrected chi connectivity index (χ4v) is 3.60. The summed E-state index contributed by atoms with van der Waals surface area (Å²) in [5, 5.41) is 13.6. The minimum absolute atomic E-state index is 0.0586. The molecule has 0 atom stereocenters. The highest BCUT2D eigenvalue weighted by molar-refractivity contribution is 7.14. The number of nitrogens with one attached hydrogen (secondary N) is 2. The number of hydrogen-bond donors (Lipinski definition) is 2. The average Bonchev–Trinajstić information content (AvgIpc) is 3.22. The fraction of sp³-hybridized carbons (Fsp3) is 0.174. The summed E-state index contributed by atoms with van der Waals surface area (Å²) in [6.45, 7) is 3.97. The highest BCUT2D eigenvalue weighted by Gasteiger charge is 2.19. The first kappa shape index (κ1) is 20.5. The molecule has 0 radical (unpaired) electrons. The Morgan fingerprint density at radius 2 is 1.83 bits per heavy atom. The van der Waals surface area contributed by atoms with Gasteiger partial charge in [0.25, 0.3) is 5.91 Å². The van der Waals surface area contributed by atoms with Crippen LogP contribution in [0, 0.1) is 5.41 Å². The number of benzene rings is 2. The quantitative estimate of drug-likeness (QED) is 0.498. The van der Waals surface area contributed by atoms with E-state index in [4.69, 9.17) is 10.1 Å². The van der Waals surface area contributed by atoms with Gasteiger partial charge in [0, 0.05) is 16.5 Å². The molecule has 1 aromatic heterocycles. The molecule has 0 aliphatic carbocycles. The molecule has 0 spiro atoms. The summed E-state index contributed by atoms with van der Waals surface area (Å²) in [5.41, 5.74) is 4.17. The van der Waals surface area contributed by atoms with Crippen molar-refractivity contribution < 1.29 is 9.53 Å². The van der Waals surface area contributed by atoms with Crippen molar-refractivity contribution in [2.24, 2.45) is 0 Å². The lowest BCUT2D eigenvalue weighted by atomic mass is 9.94. The van der Waals surface area contributed by atoms with E-state index >= 15 is 0 Å². The Hall–Kier alpha value is -3.25. The Morgan fingerprint density at radius 3 is 2.45 bits per heavy atom. The number of carbonyl (C=O) groups is 1. The van der Waals surface area contributed by atoms with Gasteiger partial charge in [-0.3, -0.25) is 15.5 Å². The Balaban J connectivity index is 1.79. The molecule has 3 rings (SSSR count). The second-order valence-corrected chi connectivity index (χ2v) is 7.33. The van der Waals surface area contributed by atoms with Gasteiger partial charge < -0.3 is 4.74 Å². The number of aromatic nitrogens is 1. The number of nitrogens with zero attached hydrogens (tertiary/aromatic N) is 1. The number of thiazole rings is 1. The molecule has 1 heterocycles. The molecule has 29 heavy (non-hydrogen) atoms. The molecule has 0 fully saturated rings. The van der Waals surface area contributed by atoms with Gasteiger partial charge in [-0.1, -0.05) is 42.8 Å². The number of ether oxygens (including phenoxy) is 1. The fourth-order valence-electron chi connectivity index (χ4n) is 2.88. The van der Waals surface area contributed by atoms with Crippen LogP contribution < -0.4 is 10.1 Å². The molecule has 2 aromatic carbocycles. The molecule has 1 amide bonds. The van der Waals surface area contributed by atoms with Gasteiger partial charge in [0.05, 0.1) is 12.8 Å². The number of hydrogen-bond acceptors (Lipinski definition) is 5. The zero-order valence-electron chi connectivity index (χ0n) is 16.7. The molecule has 0 saturated carbocycles. The minimum Gasteiger partial charge on any atom is -0.497 e. The average molecular weight is 406 g/mol. The summed E-state index contributed by atoms with van der Waals surface area (Å²) >= 11 is 1.33. The predicted octanol–water partition coefficient (Wildman–Crippen LogP) is 5.66. The Kier molecular flexibility index (Phi) is 6.57. The summed E-state index contributed by atoms with van der Waals surface area (Å²) in [7, 11) is 1.62. The summed E-state index contributed by atoms with van der Waals surface area (Å²) < 4.78 is 5.17. The van der Waals surface area contributed by atoms with Crippen molar-refractivity contribution in [3.8, 4) is 17.0 Å². The van der Waals surface area contributed by atoms with Crippen molar-refractivity contribution in [2.45, 2.75) is 20.3 Å². The number of methoxy groups -OCH3 is 1. The Bertz CT molecular complexity index is 1040. The molecule has 3 aromatic rings. The van der Waals surface area contributed by atoms with E-state index < -0.39 is 5.91 Å². The minimum atomic E-state index is -0.465. The van der Waals surface area contributed by atoms with Crippen molar-refractivity contribution in [3.05, 3.63) is 71.1 Å². The van der Waals surface area contributed by atoms with E-state index in [1.807, 2.05) is 73.8 Å². The highest BCUT2D eigenvalue weighted by atomic mass is 32.1. The van der Waals surface area contributed by atoms with E-state index in [0.29, 0.717) is 10.7 Å². The third kappa shape index (κ3) is 4.78. The highest BCUT2D eigenvalue weighted by Crippen LogP contribution is 2.27. The lowest BCUT2D eigenvalue weighted by molar-refractivity contribution is -0.110. The monoisotopic (exact) mass is 405 g/mol. The number of amides is 1. The van der Waals surface area contributed by atoms with Gasteiger partial charge >= 0.3 is 0 Å². The van der Waals surface area contributed by atoms with Crippen LogP contribution in [0.1, 0.15) is 25.8 Å². The summed E-state index contributed by atoms with van der Waals surface area (Å²) in [6, 6.07) is 17.1. The Morgan fingerprint density at radius 1 is 1.14 bits per heavy atom. The van der Waals surface area contributed by atoms with Crippen LogP contribution in [0.3, 0.4) is 0 Å². The lowest BCUT2D eigenvalue weighted by Crippen LogP contribution is -2.23. The summed E-state index contributed by atoms with van der Waals surface area (Å²) in [4.78, 5) is 17.2. The van der Waals surface area contributed by atoms with E-state index in [-0.39, 0.29) is 5.71 Å². The SMILES string of the molecule is CC/C(C)=C(\C(=N)C(=O)Nc1nc(-c2ccc(OC)cc2)cs1)c1ccccc1. The summed E-state index contributed by atoms with van der Waals surface area (Å²) in [5.74, 6) is 0.310. The first-order chi connectivity index (χ1) is 14.0. The number of anilines is 1. The standard InChI is InChI=1S/C23H23N3O2S/c1-4-15(2)20(17-8-6-5-7-9-17)21(24)22(27)26-23-25-19(14-29-23)16-10-12-18(28-3)13-11-16/h5-14,24H,4H2,1-3H3,(H,25,26,27)/b20-15-,24-21?. The Labute approximate surface area is 174 Å². The van der Waals surface area contributed by atoms with Crippen LogP contribution in [-0.2, 0) is 4.79 Å². The molecular formula is C23H23N3O2S. The van der Waals surface area contributed by atoms with Crippen molar-refractivity contribution in [2.75, 3.05) is 12.4 Å². The van der Waals surface area contributed by atoms with Crippen LogP contribution in [0.25, 0.3) is 16.8 Å². The first-order valence-electron chi connectivity index (χ1n) is 9.28. The third-order valence-electron chi connectivity index (χ3n) is 4.61. The molecule has 0 aliphatic rings. The van der Waals surface area contributed by atoms with Gasteiger partial charge in [-0.25, -0.2) is 4.98 Å². The van der Waals surface area contributed by atoms with Crippen LogP contribution >= 0.6 is 11.3 Å². The van der Waals surface area contributed by atoms with Gasteiger partial charge in [0.2, 0.25) is 0 Å². The van der Waals surface area contributed by atoms with E-state index in [9.17, 15) is 4.79 Å². The largest absolute Gasteiger partial charge is 0.497 e. The van der Waals surface area contributed by atoms with Crippen molar-refractivity contribution in [3.63, 3.8) is 0 Å². The zero-order valence-corrected chi connectivity index (χ0v) is 17.5. The van der Waals surface area contributed by atoms with E-state index in [2.05, 4.69) is 10.3 Å². The normalized spacial score (nSPS) is 11.6. The maximum absolute atomic E-state index is 12.8. The molecule has 0 saturated heterocycles. The molecule has 6 heteroatoms. The van der Waals surface area contributed by atoms with E-state index in [1.54, 1.807) is 7.11 Å². The van der Waals surface area contributed by atoms with E-state index in [0.717, 1.165) is 34.6 Å². The van der Waals surface area contributed by atoms with Gasteiger partial charge in [0.1, 0.15) is 11.5 Å². The number of rotatable bonds is 7. The van der Waals surface area contributed by atoms with Crippen LogP contribution in [0.5, 0.6) is 5.75 Å². The molecule has 5 nitrogen and oxygen atoms in total.